The van der Waals surface area contributed by atoms with Gasteiger partial charge in [-0.15, -0.1) is 0 Å². The lowest BCUT2D eigenvalue weighted by molar-refractivity contribution is 0.174. The fourth-order valence-electron chi connectivity index (χ4n) is 2.68. The van der Waals surface area contributed by atoms with E-state index < -0.39 is 6.23 Å². The van der Waals surface area contributed by atoms with Crippen LogP contribution in [0.1, 0.15) is 25.0 Å². The Bertz CT molecular complexity index is 846. The molecule has 2 N–H and O–H groups in total. The lowest BCUT2D eigenvalue weighted by Gasteiger charge is -2.23. The van der Waals surface area contributed by atoms with E-state index in [2.05, 4.69) is 31.4 Å². The molecule has 2 heterocycles. The van der Waals surface area contributed by atoms with Crippen LogP contribution in [0.2, 0.25) is 0 Å². The summed E-state index contributed by atoms with van der Waals surface area (Å²) in [6.07, 6.45) is 0.926. The molecule has 1 unspecified atom stereocenters. The second-order valence-electron chi connectivity index (χ2n) is 5.66. The number of aromatic nitrogens is 1. The summed E-state index contributed by atoms with van der Waals surface area (Å²) in [5.74, 6) is 1.23. The predicted octanol–water partition coefficient (Wildman–Crippen LogP) is 4.02. The zero-order chi connectivity index (χ0) is 17.3. The second kappa shape index (κ2) is 6.75. The number of ether oxygens (including phenoxy) is 1. The molecule has 0 aliphatic carbocycles. The van der Waals surface area contributed by atoms with Crippen molar-refractivity contribution in [2.24, 2.45) is 5.10 Å². The minimum Gasteiger partial charge on any atom is -0.438 e. The van der Waals surface area contributed by atoms with Crippen LogP contribution in [0.5, 0.6) is 11.6 Å². The minimum atomic E-state index is -0.761. The molecule has 0 saturated heterocycles. The molecular formula is C18H18BrN3O2. The minimum absolute atomic E-state index is 0.523. The SMILES string of the molecule is CC1=NNC(O)C(C)=C1c1ccc(Oc2ncccc2Br)cc1C. The van der Waals surface area contributed by atoms with Crippen molar-refractivity contribution in [2.75, 3.05) is 0 Å². The highest BCUT2D eigenvalue weighted by Crippen LogP contribution is 2.32. The number of aliphatic hydroxyl groups excluding tert-OH is 1. The molecule has 2 aromatic rings. The van der Waals surface area contributed by atoms with Crippen molar-refractivity contribution in [2.45, 2.75) is 27.0 Å². The van der Waals surface area contributed by atoms with Crippen molar-refractivity contribution in [3.63, 3.8) is 0 Å². The van der Waals surface area contributed by atoms with Crippen LogP contribution in [0.4, 0.5) is 0 Å². The van der Waals surface area contributed by atoms with Gasteiger partial charge < -0.3 is 9.84 Å². The zero-order valence-electron chi connectivity index (χ0n) is 13.7. The Hall–Kier alpha value is -2.18. The maximum atomic E-state index is 9.98. The first-order valence-electron chi connectivity index (χ1n) is 7.56. The summed E-state index contributed by atoms with van der Waals surface area (Å²) < 4.78 is 6.64. The molecule has 6 heteroatoms. The molecular weight excluding hydrogens is 370 g/mol. The van der Waals surface area contributed by atoms with Crippen molar-refractivity contribution in [1.29, 1.82) is 0 Å². The molecule has 1 aliphatic rings. The Balaban J connectivity index is 1.95. The Morgan fingerprint density at radius 2 is 2.00 bits per heavy atom. The van der Waals surface area contributed by atoms with Gasteiger partial charge in [-0.25, -0.2) is 4.98 Å². The second-order valence-corrected chi connectivity index (χ2v) is 6.51. The van der Waals surface area contributed by atoms with E-state index in [0.717, 1.165) is 32.5 Å². The monoisotopic (exact) mass is 387 g/mol. The average Bonchev–Trinajstić information content (AvgIpc) is 2.55. The van der Waals surface area contributed by atoms with Gasteiger partial charge in [0.1, 0.15) is 5.75 Å². The van der Waals surface area contributed by atoms with Crippen molar-refractivity contribution in [3.8, 4) is 11.6 Å². The van der Waals surface area contributed by atoms with Gasteiger partial charge in [0.2, 0.25) is 5.88 Å². The molecule has 0 amide bonds. The van der Waals surface area contributed by atoms with Gasteiger partial charge in [0.25, 0.3) is 0 Å². The van der Waals surface area contributed by atoms with Crippen molar-refractivity contribution in [3.05, 3.63) is 57.7 Å². The normalized spacial score (nSPS) is 17.4. The molecule has 1 atom stereocenters. The average molecular weight is 388 g/mol. The number of allylic oxidation sites excluding steroid dienone is 1. The van der Waals surface area contributed by atoms with Gasteiger partial charge in [-0.05, 0) is 77.7 Å². The summed E-state index contributed by atoms with van der Waals surface area (Å²) in [7, 11) is 0. The maximum absolute atomic E-state index is 9.98. The summed E-state index contributed by atoms with van der Waals surface area (Å²) in [5, 5.41) is 14.2. The van der Waals surface area contributed by atoms with E-state index in [4.69, 9.17) is 4.74 Å². The largest absolute Gasteiger partial charge is 0.438 e. The van der Waals surface area contributed by atoms with Crippen molar-refractivity contribution in [1.82, 2.24) is 10.4 Å². The number of nitrogens with one attached hydrogen (secondary N) is 1. The highest BCUT2D eigenvalue weighted by atomic mass is 79.9. The molecule has 1 aromatic carbocycles. The Morgan fingerprint density at radius 3 is 2.71 bits per heavy atom. The molecule has 0 spiro atoms. The summed E-state index contributed by atoms with van der Waals surface area (Å²) in [4.78, 5) is 4.21. The molecule has 0 fully saturated rings. The number of benzene rings is 1. The maximum Gasteiger partial charge on any atom is 0.233 e. The Labute approximate surface area is 149 Å². The number of hydrazone groups is 1. The van der Waals surface area contributed by atoms with E-state index in [0.29, 0.717) is 11.6 Å². The lowest BCUT2D eigenvalue weighted by Crippen LogP contribution is -2.31. The van der Waals surface area contributed by atoms with E-state index in [1.54, 1.807) is 6.20 Å². The summed E-state index contributed by atoms with van der Waals surface area (Å²) in [6, 6.07) is 9.56. The molecule has 24 heavy (non-hydrogen) atoms. The third kappa shape index (κ3) is 3.20. The van der Waals surface area contributed by atoms with Gasteiger partial charge in [-0.2, -0.15) is 5.10 Å². The highest BCUT2D eigenvalue weighted by molar-refractivity contribution is 9.10. The fourth-order valence-corrected chi connectivity index (χ4v) is 3.01. The Kier molecular flexibility index (Phi) is 4.69. The number of hydrogen-bond donors (Lipinski definition) is 2. The number of aryl methyl sites for hydroxylation is 1. The molecule has 1 aliphatic heterocycles. The topological polar surface area (TPSA) is 66.7 Å². The van der Waals surface area contributed by atoms with Crippen LogP contribution in [-0.4, -0.2) is 22.0 Å². The molecule has 3 rings (SSSR count). The van der Waals surface area contributed by atoms with E-state index in [9.17, 15) is 5.11 Å². The van der Waals surface area contributed by atoms with Gasteiger partial charge >= 0.3 is 0 Å². The number of hydrogen-bond acceptors (Lipinski definition) is 5. The fraction of sp³-hybridized carbons (Fsp3) is 0.222. The molecule has 0 saturated carbocycles. The van der Waals surface area contributed by atoms with E-state index in [-0.39, 0.29) is 0 Å². The van der Waals surface area contributed by atoms with Crippen molar-refractivity contribution < 1.29 is 9.84 Å². The number of nitrogens with zero attached hydrogens (tertiary/aromatic N) is 2. The third-order valence-corrected chi connectivity index (χ3v) is 4.53. The lowest BCUT2D eigenvalue weighted by atomic mass is 9.92. The smallest absolute Gasteiger partial charge is 0.233 e. The van der Waals surface area contributed by atoms with E-state index in [1.165, 1.54) is 0 Å². The number of halogens is 1. The molecule has 0 bridgehead atoms. The third-order valence-electron chi connectivity index (χ3n) is 3.93. The van der Waals surface area contributed by atoms with Crippen LogP contribution in [0.25, 0.3) is 5.57 Å². The first-order valence-corrected chi connectivity index (χ1v) is 8.35. The summed E-state index contributed by atoms with van der Waals surface area (Å²) in [6.45, 7) is 5.84. The van der Waals surface area contributed by atoms with Crippen LogP contribution >= 0.6 is 15.9 Å². The number of rotatable bonds is 3. The molecule has 5 nitrogen and oxygen atoms in total. The van der Waals surface area contributed by atoms with Gasteiger partial charge in [-0.3, -0.25) is 5.43 Å². The van der Waals surface area contributed by atoms with Crippen LogP contribution < -0.4 is 10.2 Å². The van der Waals surface area contributed by atoms with Gasteiger partial charge in [0.05, 0.1) is 10.2 Å². The van der Waals surface area contributed by atoms with Gasteiger partial charge in [0.15, 0.2) is 6.23 Å². The summed E-state index contributed by atoms with van der Waals surface area (Å²) in [5.41, 5.74) is 7.43. The quantitative estimate of drug-likeness (QED) is 0.834. The van der Waals surface area contributed by atoms with Crippen LogP contribution in [0.3, 0.4) is 0 Å². The number of pyridine rings is 1. The van der Waals surface area contributed by atoms with E-state index in [1.807, 2.05) is 51.1 Å². The standard InChI is InChI=1S/C18H18BrN3O2/c1-10-9-13(24-18-15(19)5-4-8-20-18)6-7-14(10)16-11(2)17(23)22-21-12(16)3/h4-9,17,22-23H,1-3H3. The van der Waals surface area contributed by atoms with Gasteiger partial charge in [0, 0.05) is 11.8 Å². The Morgan fingerprint density at radius 1 is 1.21 bits per heavy atom. The highest BCUT2D eigenvalue weighted by Gasteiger charge is 2.21. The van der Waals surface area contributed by atoms with E-state index >= 15 is 0 Å². The molecule has 0 radical (unpaired) electrons. The van der Waals surface area contributed by atoms with Crippen LogP contribution in [0.15, 0.2) is 51.7 Å². The molecule has 124 valence electrons. The van der Waals surface area contributed by atoms with Crippen LogP contribution in [-0.2, 0) is 0 Å². The zero-order valence-corrected chi connectivity index (χ0v) is 15.3. The summed E-state index contributed by atoms with van der Waals surface area (Å²) >= 11 is 3.43. The van der Waals surface area contributed by atoms with Crippen LogP contribution in [0, 0.1) is 6.92 Å². The van der Waals surface area contributed by atoms with Gasteiger partial charge in [-0.1, -0.05) is 6.07 Å². The first kappa shape index (κ1) is 16.7. The predicted molar refractivity (Wildman–Crippen MR) is 98.0 cm³/mol. The van der Waals surface area contributed by atoms with Crippen molar-refractivity contribution >= 4 is 27.2 Å². The molecule has 1 aromatic heterocycles. The number of aliphatic hydroxyl groups is 1. The first-order chi connectivity index (χ1) is 11.5.